The first-order valence-corrected chi connectivity index (χ1v) is 5.37. The lowest BCUT2D eigenvalue weighted by atomic mass is 10.1. The van der Waals surface area contributed by atoms with E-state index in [1.807, 2.05) is 0 Å². The third-order valence-corrected chi connectivity index (χ3v) is 1.84. The molecule has 0 saturated carbocycles. The predicted octanol–water partition coefficient (Wildman–Crippen LogP) is 1.24. The number of nitrogens with two attached hydrogens (primary N) is 1. The molecule has 0 aliphatic heterocycles. The predicted molar refractivity (Wildman–Crippen MR) is 62.0 cm³/mol. The number of hydrogen-bond donors (Lipinski definition) is 3. The first-order valence-electron chi connectivity index (χ1n) is 5.37. The molecular formula is C10H24N4. The second kappa shape index (κ2) is 7.62. The van der Waals surface area contributed by atoms with Crippen LogP contribution in [0.1, 0.15) is 40.5 Å². The summed E-state index contributed by atoms with van der Waals surface area (Å²) >= 11 is 0. The van der Waals surface area contributed by atoms with Crippen molar-refractivity contribution in [2.45, 2.75) is 46.6 Å². The summed E-state index contributed by atoms with van der Waals surface area (Å²) in [4.78, 5) is 4.28. The van der Waals surface area contributed by atoms with E-state index >= 15 is 0 Å². The fourth-order valence-electron chi connectivity index (χ4n) is 1.36. The molecule has 1 unspecified atom stereocenters. The molecule has 0 aliphatic rings. The Hall–Kier alpha value is -0.770. The summed E-state index contributed by atoms with van der Waals surface area (Å²) in [5.74, 6) is 6.73. The van der Waals surface area contributed by atoms with Gasteiger partial charge in [0, 0.05) is 12.6 Å². The monoisotopic (exact) mass is 200 g/mol. The lowest BCUT2D eigenvalue weighted by molar-refractivity contribution is 0.486. The van der Waals surface area contributed by atoms with E-state index in [4.69, 9.17) is 5.84 Å². The van der Waals surface area contributed by atoms with E-state index in [1.165, 1.54) is 0 Å². The number of aliphatic imine (C=N–C) groups is 1. The lowest BCUT2D eigenvalue weighted by Gasteiger charge is -2.18. The van der Waals surface area contributed by atoms with Crippen molar-refractivity contribution in [3.05, 3.63) is 0 Å². The molecule has 84 valence electrons. The molecule has 0 aromatic rings. The standard InChI is InChI=1S/C10H24N4/c1-5-6-12-10(14-11)13-9(4)7-8(2)3/h8-9H,5-7,11H2,1-4H3,(H2,12,13,14). The Morgan fingerprint density at radius 3 is 2.43 bits per heavy atom. The van der Waals surface area contributed by atoms with Gasteiger partial charge < -0.3 is 5.32 Å². The molecule has 0 spiro atoms. The second-order valence-electron chi connectivity index (χ2n) is 4.05. The number of guanidine groups is 1. The van der Waals surface area contributed by atoms with Crippen LogP contribution in [0.5, 0.6) is 0 Å². The molecule has 4 nitrogen and oxygen atoms in total. The molecule has 0 heterocycles. The van der Waals surface area contributed by atoms with Crippen LogP contribution in [0.25, 0.3) is 0 Å². The Morgan fingerprint density at radius 2 is 2.00 bits per heavy atom. The molecule has 1 atom stereocenters. The lowest BCUT2D eigenvalue weighted by Crippen LogP contribution is -2.45. The van der Waals surface area contributed by atoms with E-state index in [2.05, 4.69) is 43.4 Å². The SMILES string of the molecule is CCCN=C(NN)NC(C)CC(C)C. The Balaban J connectivity index is 3.91. The molecule has 0 aliphatic carbocycles. The maximum absolute atomic E-state index is 5.35. The summed E-state index contributed by atoms with van der Waals surface area (Å²) < 4.78 is 0. The van der Waals surface area contributed by atoms with Crippen molar-refractivity contribution < 1.29 is 0 Å². The minimum atomic E-state index is 0.404. The summed E-state index contributed by atoms with van der Waals surface area (Å²) in [6, 6.07) is 0.404. The number of hydrazine groups is 1. The average Bonchev–Trinajstić information content (AvgIpc) is 2.10. The fraction of sp³-hybridized carbons (Fsp3) is 0.900. The minimum Gasteiger partial charge on any atom is -0.353 e. The normalized spacial score (nSPS) is 14.3. The third-order valence-electron chi connectivity index (χ3n) is 1.84. The molecule has 0 bridgehead atoms. The number of nitrogens with one attached hydrogen (secondary N) is 2. The van der Waals surface area contributed by atoms with Crippen LogP contribution < -0.4 is 16.6 Å². The van der Waals surface area contributed by atoms with Crippen molar-refractivity contribution in [3.8, 4) is 0 Å². The first-order chi connectivity index (χ1) is 6.60. The smallest absolute Gasteiger partial charge is 0.205 e. The van der Waals surface area contributed by atoms with E-state index in [0.717, 1.165) is 19.4 Å². The third kappa shape index (κ3) is 6.71. The van der Waals surface area contributed by atoms with Gasteiger partial charge in [-0.2, -0.15) is 0 Å². The molecule has 0 saturated heterocycles. The van der Waals surface area contributed by atoms with Crippen LogP contribution >= 0.6 is 0 Å². The van der Waals surface area contributed by atoms with Crippen LogP contribution in [0, 0.1) is 5.92 Å². The van der Waals surface area contributed by atoms with Crippen molar-refractivity contribution in [3.63, 3.8) is 0 Å². The van der Waals surface area contributed by atoms with Gasteiger partial charge in [-0.05, 0) is 25.7 Å². The molecule has 0 fully saturated rings. The zero-order valence-electron chi connectivity index (χ0n) is 9.80. The van der Waals surface area contributed by atoms with Crippen LogP contribution in [-0.2, 0) is 0 Å². The Kier molecular flexibility index (Phi) is 7.20. The highest BCUT2D eigenvalue weighted by molar-refractivity contribution is 5.79. The van der Waals surface area contributed by atoms with Crippen LogP contribution in [0.4, 0.5) is 0 Å². The second-order valence-corrected chi connectivity index (χ2v) is 4.05. The molecular weight excluding hydrogens is 176 g/mol. The van der Waals surface area contributed by atoms with Gasteiger partial charge in [-0.3, -0.25) is 10.4 Å². The van der Waals surface area contributed by atoms with Gasteiger partial charge in [0.15, 0.2) is 0 Å². The number of nitrogens with zero attached hydrogens (tertiary/aromatic N) is 1. The van der Waals surface area contributed by atoms with Gasteiger partial charge in [0.05, 0.1) is 0 Å². The minimum absolute atomic E-state index is 0.404. The van der Waals surface area contributed by atoms with E-state index in [9.17, 15) is 0 Å². The summed E-state index contributed by atoms with van der Waals surface area (Å²) in [5.41, 5.74) is 2.58. The number of hydrogen-bond acceptors (Lipinski definition) is 2. The topological polar surface area (TPSA) is 62.4 Å². The zero-order chi connectivity index (χ0) is 11.0. The van der Waals surface area contributed by atoms with Gasteiger partial charge in [0.2, 0.25) is 5.96 Å². The van der Waals surface area contributed by atoms with Gasteiger partial charge in [-0.15, -0.1) is 0 Å². The molecule has 0 aromatic carbocycles. The van der Waals surface area contributed by atoms with E-state index in [1.54, 1.807) is 0 Å². The van der Waals surface area contributed by atoms with Crippen LogP contribution in [0.3, 0.4) is 0 Å². The highest BCUT2D eigenvalue weighted by atomic mass is 15.3. The Bertz CT molecular complexity index is 166. The van der Waals surface area contributed by atoms with Gasteiger partial charge in [0.25, 0.3) is 0 Å². The molecule has 0 radical (unpaired) electrons. The fourth-order valence-corrected chi connectivity index (χ4v) is 1.36. The quantitative estimate of drug-likeness (QED) is 0.271. The summed E-state index contributed by atoms with van der Waals surface area (Å²) in [6.07, 6.45) is 2.15. The van der Waals surface area contributed by atoms with Crippen LogP contribution in [0.15, 0.2) is 4.99 Å². The Morgan fingerprint density at radius 1 is 1.36 bits per heavy atom. The van der Waals surface area contributed by atoms with Gasteiger partial charge in [-0.25, -0.2) is 5.84 Å². The zero-order valence-corrected chi connectivity index (χ0v) is 9.80. The van der Waals surface area contributed by atoms with Crippen LogP contribution in [0.2, 0.25) is 0 Å². The van der Waals surface area contributed by atoms with Gasteiger partial charge >= 0.3 is 0 Å². The van der Waals surface area contributed by atoms with E-state index < -0.39 is 0 Å². The maximum atomic E-state index is 5.35. The van der Waals surface area contributed by atoms with Gasteiger partial charge in [0.1, 0.15) is 0 Å². The van der Waals surface area contributed by atoms with E-state index in [0.29, 0.717) is 17.9 Å². The first kappa shape index (κ1) is 13.2. The van der Waals surface area contributed by atoms with Crippen molar-refractivity contribution in [1.82, 2.24) is 10.7 Å². The molecule has 0 amide bonds. The summed E-state index contributed by atoms with van der Waals surface area (Å²) in [7, 11) is 0. The maximum Gasteiger partial charge on any atom is 0.205 e. The number of rotatable bonds is 5. The Labute approximate surface area is 87.3 Å². The highest BCUT2D eigenvalue weighted by Gasteiger charge is 2.05. The molecule has 0 aromatic heterocycles. The highest BCUT2D eigenvalue weighted by Crippen LogP contribution is 2.03. The molecule has 14 heavy (non-hydrogen) atoms. The van der Waals surface area contributed by atoms with Crippen molar-refractivity contribution in [2.24, 2.45) is 16.8 Å². The molecule has 4 heteroatoms. The largest absolute Gasteiger partial charge is 0.353 e. The van der Waals surface area contributed by atoms with Crippen LogP contribution in [-0.4, -0.2) is 18.5 Å². The van der Waals surface area contributed by atoms with Crippen molar-refractivity contribution in [2.75, 3.05) is 6.54 Å². The van der Waals surface area contributed by atoms with Gasteiger partial charge in [-0.1, -0.05) is 20.8 Å². The summed E-state index contributed by atoms with van der Waals surface area (Å²) in [6.45, 7) is 9.45. The van der Waals surface area contributed by atoms with E-state index in [-0.39, 0.29) is 0 Å². The molecule has 4 N–H and O–H groups in total. The van der Waals surface area contributed by atoms with Crippen molar-refractivity contribution in [1.29, 1.82) is 0 Å². The molecule has 0 rings (SSSR count). The average molecular weight is 200 g/mol. The van der Waals surface area contributed by atoms with Crippen molar-refractivity contribution >= 4 is 5.96 Å². The summed E-state index contributed by atoms with van der Waals surface area (Å²) in [5, 5.41) is 3.25.